The number of nitro benzene ring substituents is 1. The number of Topliss-reactive ketones (excluding diaryl/α,β-unsaturated/α-hetero) is 1. The lowest BCUT2D eigenvalue weighted by Crippen LogP contribution is -2.50. The van der Waals surface area contributed by atoms with Crippen LogP contribution in [0.5, 0.6) is 5.75 Å². The highest BCUT2D eigenvalue weighted by molar-refractivity contribution is 9.10. The van der Waals surface area contributed by atoms with Crippen molar-refractivity contribution >= 4 is 27.4 Å². The minimum Gasteiger partial charge on any atom is -0.486 e. The normalized spacial score (nSPS) is 17.7. The molecule has 3 aromatic rings. The molecule has 0 aliphatic carbocycles. The van der Waals surface area contributed by atoms with Gasteiger partial charge in [0.1, 0.15) is 11.4 Å². The van der Waals surface area contributed by atoms with Gasteiger partial charge in [-0.2, -0.15) is 0 Å². The molecule has 9 nitrogen and oxygen atoms in total. The van der Waals surface area contributed by atoms with E-state index in [9.17, 15) is 14.9 Å². The molecule has 0 unspecified atom stereocenters. The molecule has 0 radical (unpaired) electrons. The van der Waals surface area contributed by atoms with E-state index in [1.54, 1.807) is 12.1 Å². The zero-order valence-electron chi connectivity index (χ0n) is 17.0. The van der Waals surface area contributed by atoms with Crippen molar-refractivity contribution in [3.8, 4) is 17.2 Å². The largest absolute Gasteiger partial charge is 0.486 e. The Labute approximate surface area is 191 Å². The second-order valence-electron chi connectivity index (χ2n) is 8.11. The van der Waals surface area contributed by atoms with E-state index >= 15 is 0 Å². The Morgan fingerprint density at radius 3 is 2.59 bits per heavy atom. The Hall–Kier alpha value is -3.11. The highest BCUT2D eigenvalue weighted by Crippen LogP contribution is 2.40. The molecule has 1 spiro atoms. The van der Waals surface area contributed by atoms with Crippen molar-refractivity contribution in [2.24, 2.45) is 0 Å². The van der Waals surface area contributed by atoms with Crippen molar-refractivity contribution in [3.63, 3.8) is 0 Å². The number of ketones is 1. The Kier molecular flexibility index (Phi) is 5.26. The summed E-state index contributed by atoms with van der Waals surface area (Å²) >= 11 is 3.45. The van der Waals surface area contributed by atoms with E-state index in [4.69, 9.17) is 9.15 Å². The number of carbonyl (C=O) groups excluding carboxylic acids is 1. The Morgan fingerprint density at radius 2 is 1.88 bits per heavy atom. The van der Waals surface area contributed by atoms with Gasteiger partial charge in [0.05, 0.1) is 23.5 Å². The van der Waals surface area contributed by atoms with Crippen LogP contribution in [-0.4, -0.2) is 44.5 Å². The number of nitro groups is 1. The Balaban J connectivity index is 1.22. The SMILES string of the molecule is O=C1CC2(CCN(Cc3nnc(-c4ccc([N+](=O)[O-])cc4)o3)CC2)Oc2cc(Br)ccc21. The maximum atomic E-state index is 12.7. The van der Waals surface area contributed by atoms with E-state index in [0.717, 1.165) is 30.4 Å². The minimum atomic E-state index is -0.472. The van der Waals surface area contributed by atoms with Gasteiger partial charge in [-0.15, -0.1) is 10.2 Å². The first kappa shape index (κ1) is 20.8. The summed E-state index contributed by atoms with van der Waals surface area (Å²) in [5.74, 6) is 1.57. The van der Waals surface area contributed by atoms with Gasteiger partial charge >= 0.3 is 0 Å². The van der Waals surface area contributed by atoms with Crippen LogP contribution < -0.4 is 4.74 Å². The summed E-state index contributed by atoms with van der Waals surface area (Å²) in [6.07, 6.45) is 1.85. The zero-order chi connectivity index (χ0) is 22.3. The molecule has 32 heavy (non-hydrogen) atoms. The number of hydrogen-bond acceptors (Lipinski definition) is 8. The number of aromatic nitrogens is 2. The predicted molar refractivity (Wildman–Crippen MR) is 117 cm³/mol. The van der Waals surface area contributed by atoms with Gasteiger partial charge in [-0.25, -0.2) is 0 Å². The van der Waals surface area contributed by atoms with E-state index < -0.39 is 10.5 Å². The van der Waals surface area contributed by atoms with Gasteiger partial charge in [0.25, 0.3) is 5.69 Å². The number of fused-ring (bicyclic) bond motifs is 1. The Morgan fingerprint density at radius 1 is 1.12 bits per heavy atom. The third-order valence-electron chi connectivity index (χ3n) is 5.97. The molecule has 164 valence electrons. The molecule has 1 fully saturated rings. The third-order valence-corrected chi connectivity index (χ3v) is 6.46. The number of nitrogens with zero attached hydrogens (tertiary/aromatic N) is 4. The molecule has 2 aromatic carbocycles. The smallest absolute Gasteiger partial charge is 0.269 e. The topological polar surface area (TPSA) is 112 Å². The Bertz CT molecular complexity index is 1190. The highest BCUT2D eigenvalue weighted by atomic mass is 79.9. The van der Waals surface area contributed by atoms with Gasteiger partial charge in [-0.05, 0) is 30.3 Å². The molecule has 2 aliphatic rings. The summed E-state index contributed by atoms with van der Waals surface area (Å²) < 4.78 is 13.0. The lowest BCUT2D eigenvalue weighted by Gasteiger charge is -2.43. The maximum Gasteiger partial charge on any atom is 0.269 e. The summed E-state index contributed by atoms with van der Waals surface area (Å²) in [6, 6.07) is 11.5. The second-order valence-corrected chi connectivity index (χ2v) is 9.02. The summed E-state index contributed by atoms with van der Waals surface area (Å²) in [4.78, 5) is 25.2. The van der Waals surface area contributed by atoms with E-state index in [1.165, 1.54) is 12.1 Å². The molecular formula is C22H19BrN4O5. The number of benzene rings is 2. The molecule has 0 amide bonds. The van der Waals surface area contributed by atoms with Gasteiger partial charge in [0.2, 0.25) is 11.8 Å². The first-order valence-corrected chi connectivity index (χ1v) is 11.0. The van der Waals surface area contributed by atoms with E-state index in [1.807, 2.05) is 18.2 Å². The molecule has 0 saturated carbocycles. The average Bonchev–Trinajstić information content (AvgIpc) is 3.24. The summed E-state index contributed by atoms with van der Waals surface area (Å²) in [5.41, 5.74) is 0.811. The number of hydrogen-bond donors (Lipinski definition) is 0. The fourth-order valence-electron chi connectivity index (χ4n) is 4.22. The van der Waals surface area contributed by atoms with Crippen LogP contribution in [0.2, 0.25) is 0 Å². The molecule has 2 aliphatic heterocycles. The summed E-state index contributed by atoms with van der Waals surface area (Å²) in [7, 11) is 0. The number of non-ortho nitro benzene ring substituents is 1. The van der Waals surface area contributed by atoms with Crippen LogP contribution in [0, 0.1) is 10.1 Å². The van der Waals surface area contributed by atoms with Crippen molar-refractivity contribution in [1.82, 2.24) is 15.1 Å². The summed E-state index contributed by atoms with van der Waals surface area (Å²) in [6.45, 7) is 1.98. The quantitative estimate of drug-likeness (QED) is 0.384. The molecule has 0 atom stereocenters. The summed E-state index contributed by atoms with van der Waals surface area (Å²) in [5, 5.41) is 19.0. The molecule has 1 saturated heterocycles. The molecular weight excluding hydrogens is 480 g/mol. The van der Waals surface area contributed by atoms with Crippen LogP contribution in [0.1, 0.15) is 35.5 Å². The van der Waals surface area contributed by atoms with Crippen molar-refractivity contribution in [1.29, 1.82) is 0 Å². The number of likely N-dealkylation sites (tertiary alicyclic amines) is 1. The van der Waals surface area contributed by atoms with Gasteiger partial charge in [0.15, 0.2) is 5.78 Å². The van der Waals surface area contributed by atoms with E-state index in [-0.39, 0.29) is 11.5 Å². The van der Waals surface area contributed by atoms with Gasteiger partial charge < -0.3 is 9.15 Å². The number of ether oxygens (including phenoxy) is 1. The zero-order valence-corrected chi connectivity index (χ0v) is 18.6. The van der Waals surface area contributed by atoms with Gasteiger partial charge in [0, 0.05) is 48.1 Å². The molecule has 5 rings (SSSR count). The molecule has 0 N–H and O–H groups in total. The maximum absolute atomic E-state index is 12.7. The number of piperidine rings is 1. The predicted octanol–water partition coefficient (Wildman–Crippen LogP) is 4.41. The average molecular weight is 499 g/mol. The number of rotatable bonds is 4. The lowest BCUT2D eigenvalue weighted by molar-refractivity contribution is -0.384. The van der Waals surface area contributed by atoms with Crippen LogP contribution in [0.25, 0.3) is 11.5 Å². The van der Waals surface area contributed by atoms with Gasteiger partial charge in [-0.1, -0.05) is 15.9 Å². The second kappa shape index (κ2) is 8.10. The monoisotopic (exact) mass is 498 g/mol. The van der Waals surface area contributed by atoms with E-state index in [0.29, 0.717) is 41.6 Å². The van der Waals surface area contributed by atoms with E-state index in [2.05, 4.69) is 31.0 Å². The van der Waals surface area contributed by atoms with Crippen molar-refractivity contribution in [3.05, 3.63) is 68.5 Å². The first-order chi connectivity index (χ1) is 15.4. The molecule has 1 aromatic heterocycles. The fraction of sp³-hybridized carbons (Fsp3) is 0.318. The van der Waals surface area contributed by atoms with Crippen molar-refractivity contribution in [2.45, 2.75) is 31.4 Å². The fourth-order valence-corrected chi connectivity index (χ4v) is 4.56. The van der Waals surface area contributed by atoms with Crippen LogP contribution in [0.4, 0.5) is 5.69 Å². The van der Waals surface area contributed by atoms with Crippen LogP contribution in [0.15, 0.2) is 51.4 Å². The highest BCUT2D eigenvalue weighted by Gasteiger charge is 2.43. The lowest BCUT2D eigenvalue weighted by atomic mass is 9.82. The van der Waals surface area contributed by atoms with Crippen molar-refractivity contribution < 1.29 is 18.9 Å². The van der Waals surface area contributed by atoms with Crippen LogP contribution in [0.3, 0.4) is 0 Å². The number of halogens is 1. The number of carbonyl (C=O) groups is 1. The van der Waals surface area contributed by atoms with Crippen LogP contribution in [-0.2, 0) is 6.54 Å². The third kappa shape index (κ3) is 4.03. The minimum absolute atomic E-state index is 0.00845. The van der Waals surface area contributed by atoms with Crippen LogP contribution >= 0.6 is 15.9 Å². The van der Waals surface area contributed by atoms with Gasteiger partial charge in [-0.3, -0.25) is 19.8 Å². The molecule has 3 heterocycles. The molecule has 10 heteroatoms. The first-order valence-electron chi connectivity index (χ1n) is 10.2. The van der Waals surface area contributed by atoms with Crippen molar-refractivity contribution in [2.75, 3.05) is 13.1 Å². The molecule has 0 bridgehead atoms. The standard InChI is InChI=1S/C22H19BrN4O5/c23-15-3-6-17-18(28)12-22(32-19(17)11-15)7-9-26(10-8-22)13-20-24-25-21(31-20)14-1-4-16(5-2-14)27(29)30/h1-6,11H,7-10,12-13H2.